The van der Waals surface area contributed by atoms with Crippen LogP contribution in [0.3, 0.4) is 0 Å². The van der Waals surface area contributed by atoms with Crippen LogP contribution in [0.2, 0.25) is 0 Å². The highest BCUT2D eigenvalue weighted by molar-refractivity contribution is 5.86. The first-order chi connectivity index (χ1) is 8.76. The van der Waals surface area contributed by atoms with Crippen molar-refractivity contribution in [1.82, 2.24) is 4.90 Å². The molecule has 0 heterocycles. The van der Waals surface area contributed by atoms with Gasteiger partial charge < -0.3 is 4.90 Å². The highest BCUT2D eigenvalue weighted by Crippen LogP contribution is 2.08. The van der Waals surface area contributed by atoms with Crippen molar-refractivity contribution < 1.29 is 4.79 Å². The average molecular weight is 253 g/mol. The van der Waals surface area contributed by atoms with Crippen LogP contribution in [-0.4, -0.2) is 23.9 Å². The van der Waals surface area contributed by atoms with Crippen LogP contribution in [0.5, 0.6) is 0 Å². The molecule has 2 nitrogen and oxygen atoms in total. The van der Waals surface area contributed by atoms with Crippen molar-refractivity contribution in [3.63, 3.8) is 0 Å². The number of nitrogens with zero attached hydrogens (tertiary/aromatic N) is 1. The molecule has 0 unspecified atom stereocenters. The molecule has 0 N–H and O–H groups in total. The third kappa shape index (κ3) is 9.26. The molecule has 0 aromatic heterocycles. The Labute approximate surface area is 113 Å². The largest absolute Gasteiger partial charge is 0.339 e. The zero-order valence-corrected chi connectivity index (χ0v) is 12.4. The Morgan fingerprint density at radius 3 is 1.94 bits per heavy atom. The van der Waals surface area contributed by atoms with Gasteiger partial charge in [-0.2, -0.15) is 0 Å². The molecule has 0 saturated carbocycles. The van der Waals surface area contributed by atoms with Crippen molar-refractivity contribution in [1.29, 1.82) is 0 Å². The minimum atomic E-state index is 0.0921. The van der Waals surface area contributed by atoms with E-state index in [1.54, 1.807) is 0 Å². The first kappa shape index (κ1) is 17.2. The first-order valence-corrected chi connectivity index (χ1v) is 7.67. The average Bonchev–Trinajstić information content (AvgIpc) is 2.40. The summed E-state index contributed by atoms with van der Waals surface area (Å²) >= 11 is 0. The number of hydrogen-bond acceptors (Lipinski definition) is 1. The van der Waals surface area contributed by atoms with Gasteiger partial charge in [-0.25, -0.2) is 0 Å². The molecule has 1 amide bonds. The van der Waals surface area contributed by atoms with Gasteiger partial charge in [0, 0.05) is 13.1 Å². The van der Waals surface area contributed by atoms with Crippen LogP contribution in [-0.2, 0) is 4.79 Å². The van der Waals surface area contributed by atoms with E-state index in [0.717, 1.165) is 32.4 Å². The van der Waals surface area contributed by atoms with Crippen molar-refractivity contribution in [2.75, 3.05) is 13.1 Å². The van der Waals surface area contributed by atoms with Crippen LogP contribution in [0.1, 0.15) is 71.6 Å². The molecule has 0 saturated heterocycles. The molecular weight excluding hydrogens is 222 g/mol. The molecule has 0 aliphatic heterocycles. The van der Waals surface area contributed by atoms with E-state index in [9.17, 15) is 4.79 Å². The topological polar surface area (TPSA) is 20.3 Å². The summed E-state index contributed by atoms with van der Waals surface area (Å²) in [4.78, 5) is 13.6. The van der Waals surface area contributed by atoms with Crippen LogP contribution >= 0.6 is 0 Å². The number of carbonyl (C=O) groups is 1. The second-order valence-corrected chi connectivity index (χ2v) is 5.00. The van der Waals surface area contributed by atoms with E-state index in [4.69, 9.17) is 0 Å². The Kier molecular flexibility index (Phi) is 12.1. The van der Waals surface area contributed by atoms with Gasteiger partial charge >= 0.3 is 0 Å². The molecule has 0 aromatic rings. The Morgan fingerprint density at radius 2 is 1.39 bits per heavy atom. The van der Waals surface area contributed by atoms with Crippen molar-refractivity contribution in [3.8, 4) is 0 Å². The van der Waals surface area contributed by atoms with Gasteiger partial charge in [0.2, 0.25) is 5.91 Å². The maximum atomic E-state index is 11.6. The van der Waals surface area contributed by atoms with Gasteiger partial charge in [-0.05, 0) is 18.9 Å². The molecule has 0 radical (unpaired) electrons. The standard InChI is InChI=1S/C16H31NO/c1-4-7-9-10-11-12-13-15-17(14-8-5-2)16(18)6-3/h6H,3-5,7-15H2,1-2H3. The number of rotatable bonds is 12. The lowest BCUT2D eigenvalue weighted by Crippen LogP contribution is -2.31. The Balaban J connectivity index is 3.62. The second kappa shape index (κ2) is 12.7. The van der Waals surface area contributed by atoms with Crippen molar-refractivity contribution >= 4 is 5.91 Å². The summed E-state index contributed by atoms with van der Waals surface area (Å²) in [5.41, 5.74) is 0. The van der Waals surface area contributed by atoms with Crippen LogP contribution < -0.4 is 0 Å². The molecular formula is C16H31NO. The lowest BCUT2D eigenvalue weighted by Gasteiger charge is -2.20. The Bertz CT molecular complexity index is 213. The van der Waals surface area contributed by atoms with E-state index in [1.807, 2.05) is 4.90 Å². The number of amides is 1. The van der Waals surface area contributed by atoms with Gasteiger partial charge in [0.1, 0.15) is 0 Å². The van der Waals surface area contributed by atoms with Crippen LogP contribution in [0.15, 0.2) is 12.7 Å². The van der Waals surface area contributed by atoms with Crippen molar-refractivity contribution in [2.45, 2.75) is 71.6 Å². The predicted octanol–water partition coefficient (Wildman–Crippen LogP) is 4.55. The van der Waals surface area contributed by atoms with Gasteiger partial charge in [-0.15, -0.1) is 0 Å². The summed E-state index contributed by atoms with van der Waals surface area (Å²) in [6.45, 7) is 9.76. The van der Waals surface area contributed by atoms with E-state index >= 15 is 0 Å². The molecule has 0 bridgehead atoms. The van der Waals surface area contributed by atoms with Gasteiger partial charge in [-0.3, -0.25) is 4.79 Å². The zero-order valence-electron chi connectivity index (χ0n) is 12.4. The monoisotopic (exact) mass is 253 g/mol. The molecule has 0 fully saturated rings. The lowest BCUT2D eigenvalue weighted by molar-refractivity contribution is -0.126. The minimum Gasteiger partial charge on any atom is -0.339 e. The Morgan fingerprint density at radius 1 is 0.889 bits per heavy atom. The SMILES string of the molecule is C=CC(=O)N(CCCC)CCCCCCCCC. The molecule has 0 spiro atoms. The molecule has 0 aromatic carbocycles. The molecule has 0 aliphatic rings. The molecule has 18 heavy (non-hydrogen) atoms. The normalized spacial score (nSPS) is 10.3. The Hall–Kier alpha value is -0.790. The highest BCUT2D eigenvalue weighted by Gasteiger charge is 2.08. The molecule has 0 rings (SSSR count). The fourth-order valence-corrected chi connectivity index (χ4v) is 2.07. The maximum absolute atomic E-state index is 11.6. The van der Waals surface area contributed by atoms with Crippen LogP contribution in [0.25, 0.3) is 0 Å². The fraction of sp³-hybridized carbons (Fsp3) is 0.812. The van der Waals surface area contributed by atoms with Crippen molar-refractivity contribution in [2.24, 2.45) is 0 Å². The third-order valence-electron chi connectivity index (χ3n) is 3.30. The molecule has 2 heteroatoms. The smallest absolute Gasteiger partial charge is 0.245 e. The molecule has 0 atom stereocenters. The summed E-state index contributed by atoms with van der Waals surface area (Å²) in [5.74, 6) is 0.0921. The first-order valence-electron chi connectivity index (χ1n) is 7.67. The van der Waals surface area contributed by atoms with E-state index in [0.29, 0.717) is 0 Å². The van der Waals surface area contributed by atoms with E-state index < -0.39 is 0 Å². The number of carbonyl (C=O) groups excluding carboxylic acids is 1. The second-order valence-electron chi connectivity index (χ2n) is 5.00. The third-order valence-corrected chi connectivity index (χ3v) is 3.30. The quantitative estimate of drug-likeness (QED) is 0.369. The summed E-state index contributed by atoms with van der Waals surface area (Å²) in [5, 5.41) is 0. The highest BCUT2D eigenvalue weighted by atomic mass is 16.2. The molecule has 0 aliphatic carbocycles. The van der Waals surface area contributed by atoms with Crippen LogP contribution in [0.4, 0.5) is 0 Å². The fourth-order valence-electron chi connectivity index (χ4n) is 2.07. The summed E-state index contributed by atoms with van der Waals surface area (Å²) in [7, 11) is 0. The van der Waals surface area contributed by atoms with Crippen LogP contribution in [0, 0.1) is 0 Å². The number of unbranched alkanes of at least 4 members (excludes halogenated alkanes) is 7. The maximum Gasteiger partial charge on any atom is 0.245 e. The molecule has 106 valence electrons. The van der Waals surface area contributed by atoms with E-state index in [1.165, 1.54) is 44.6 Å². The summed E-state index contributed by atoms with van der Waals surface area (Å²) in [6, 6.07) is 0. The summed E-state index contributed by atoms with van der Waals surface area (Å²) < 4.78 is 0. The van der Waals surface area contributed by atoms with Gasteiger partial charge in [0.05, 0.1) is 0 Å². The van der Waals surface area contributed by atoms with Gasteiger partial charge in [-0.1, -0.05) is 65.4 Å². The number of hydrogen-bond donors (Lipinski definition) is 0. The van der Waals surface area contributed by atoms with E-state index in [-0.39, 0.29) is 5.91 Å². The van der Waals surface area contributed by atoms with E-state index in [2.05, 4.69) is 20.4 Å². The van der Waals surface area contributed by atoms with Gasteiger partial charge in [0.25, 0.3) is 0 Å². The predicted molar refractivity (Wildman–Crippen MR) is 79.7 cm³/mol. The van der Waals surface area contributed by atoms with Crippen molar-refractivity contribution in [3.05, 3.63) is 12.7 Å². The summed E-state index contributed by atoms with van der Waals surface area (Å²) in [6.07, 6.45) is 12.7. The van der Waals surface area contributed by atoms with Gasteiger partial charge in [0.15, 0.2) is 0 Å². The minimum absolute atomic E-state index is 0.0921. The lowest BCUT2D eigenvalue weighted by atomic mass is 10.1. The zero-order chi connectivity index (χ0) is 13.6.